The highest BCUT2D eigenvalue weighted by Crippen LogP contribution is 2.42. The molecule has 0 aromatic carbocycles. The van der Waals surface area contributed by atoms with Gasteiger partial charge in [0, 0.05) is 23.1 Å². The van der Waals surface area contributed by atoms with Gasteiger partial charge in [0.15, 0.2) is 0 Å². The molecule has 7 heteroatoms. The van der Waals surface area contributed by atoms with Gasteiger partial charge in [0.2, 0.25) is 0 Å². The Bertz CT molecular complexity index is 1040. The number of rotatable bonds is 6. The van der Waals surface area contributed by atoms with Crippen LogP contribution in [0.1, 0.15) is 44.5 Å². The number of thiophene rings is 1. The van der Waals surface area contributed by atoms with Crippen molar-refractivity contribution in [3.63, 3.8) is 0 Å². The summed E-state index contributed by atoms with van der Waals surface area (Å²) in [6.45, 7) is 11.4. The number of hydrogen-bond donors (Lipinski definition) is 2. The Kier molecular flexibility index (Phi) is 5.48. The highest BCUT2D eigenvalue weighted by atomic mass is 32.1. The predicted molar refractivity (Wildman–Crippen MR) is 120 cm³/mol. The van der Waals surface area contributed by atoms with Crippen LogP contribution in [-0.4, -0.2) is 47.7 Å². The van der Waals surface area contributed by atoms with E-state index in [1.165, 1.54) is 27.1 Å². The summed E-state index contributed by atoms with van der Waals surface area (Å²) in [7, 11) is 4.32. The zero-order valence-corrected chi connectivity index (χ0v) is 19.2. The molecule has 0 spiro atoms. The number of nitrogens with zero attached hydrogens (tertiary/aromatic N) is 3. The first kappa shape index (κ1) is 20.4. The van der Waals surface area contributed by atoms with Crippen molar-refractivity contribution in [1.82, 2.24) is 15.0 Å². The lowest BCUT2D eigenvalue weighted by atomic mass is 9.88. The van der Waals surface area contributed by atoms with Gasteiger partial charge in [-0.2, -0.15) is 0 Å². The average Bonchev–Trinajstić information content (AvgIpc) is 2.99. The number of anilines is 1. The normalized spacial score (nSPS) is 16.1. The van der Waals surface area contributed by atoms with Crippen molar-refractivity contribution in [2.45, 2.75) is 52.7 Å². The number of hydrogen-bond acceptors (Lipinski definition) is 6. The van der Waals surface area contributed by atoms with Crippen molar-refractivity contribution in [1.29, 1.82) is 0 Å². The Morgan fingerprint density at radius 3 is 2.76 bits per heavy atom. The lowest BCUT2D eigenvalue weighted by molar-refractivity contribution is -0.856. The first-order valence-electron chi connectivity index (χ1n) is 10.5. The van der Waals surface area contributed by atoms with Crippen LogP contribution in [0.15, 0.2) is 6.33 Å². The van der Waals surface area contributed by atoms with Crippen molar-refractivity contribution in [3.05, 3.63) is 23.1 Å². The largest absolute Gasteiger partial charge is 0.370 e. The van der Waals surface area contributed by atoms with Gasteiger partial charge in [0.1, 0.15) is 17.0 Å². The van der Waals surface area contributed by atoms with E-state index in [0.29, 0.717) is 12.5 Å². The first-order valence-corrected chi connectivity index (χ1v) is 11.3. The SMILES string of the molecule is CC(C)Cc1nc2sc3c(NCC[NH+](C)C)ncnc3c2c2c1COC(C)(C)C2. The minimum atomic E-state index is -0.173. The summed E-state index contributed by atoms with van der Waals surface area (Å²) in [5.41, 5.74) is 4.68. The smallest absolute Gasteiger partial charge is 0.147 e. The molecule has 0 atom stereocenters. The highest BCUT2D eigenvalue weighted by Gasteiger charge is 2.31. The summed E-state index contributed by atoms with van der Waals surface area (Å²) in [5, 5.41) is 4.71. The van der Waals surface area contributed by atoms with Gasteiger partial charge in [-0.3, -0.25) is 0 Å². The number of fused-ring (bicyclic) bond motifs is 5. The molecule has 0 radical (unpaired) electrons. The molecule has 1 aliphatic rings. The zero-order valence-electron chi connectivity index (χ0n) is 18.3. The summed E-state index contributed by atoms with van der Waals surface area (Å²) in [5.74, 6) is 1.48. The maximum Gasteiger partial charge on any atom is 0.147 e. The van der Waals surface area contributed by atoms with Crippen LogP contribution in [0.25, 0.3) is 20.4 Å². The van der Waals surface area contributed by atoms with E-state index in [0.717, 1.165) is 46.8 Å². The Hall–Kier alpha value is -1.83. The molecule has 3 aromatic heterocycles. The van der Waals surface area contributed by atoms with E-state index in [1.54, 1.807) is 17.7 Å². The van der Waals surface area contributed by atoms with Crippen molar-refractivity contribution in [2.75, 3.05) is 32.5 Å². The standard InChI is InChI=1S/C22H31N5OS/c1-13(2)9-16-15-11-28-22(3,4)10-14(15)17-18-19(29-21(17)26-16)20(25-12-24-18)23-7-8-27(5)6/h12-13H,7-11H2,1-6H3,(H,23,24,25)/p+1. The fourth-order valence-corrected chi connectivity index (χ4v) is 5.13. The van der Waals surface area contributed by atoms with Gasteiger partial charge < -0.3 is 15.0 Å². The van der Waals surface area contributed by atoms with Crippen LogP contribution in [0, 0.1) is 5.92 Å². The Morgan fingerprint density at radius 1 is 1.24 bits per heavy atom. The van der Waals surface area contributed by atoms with Gasteiger partial charge >= 0.3 is 0 Å². The molecule has 2 N–H and O–H groups in total. The molecule has 0 unspecified atom stereocenters. The molecule has 156 valence electrons. The number of nitrogens with one attached hydrogen (secondary N) is 2. The molecule has 3 aromatic rings. The van der Waals surface area contributed by atoms with Crippen molar-refractivity contribution < 1.29 is 9.64 Å². The summed E-state index contributed by atoms with van der Waals surface area (Å²) >= 11 is 1.72. The Morgan fingerprint density at radius 2 is 2.03 bits per heavy atom. The lowest BCUT2D eigenvalue weighted by Crippen LogP contribution is -3.06. The molecule has 0 amide bonds. The monoisotopic (exact) mass is 414 g/mol. The van der Waals surface area contributed by atoms with Crippen LogP contribution < -0.4 is 10.2 Å². The number of aromatic nitrogens is 3. The fourth-order valence-electron chi connectivity index (χ4n) is 3.99. The maximum absolute atomic E-state index is 6.17. The van der Waals surface area contributed by atoms with Crippen LogP contribution in [0.5, 0.6) is 0 Å². The van der Waals surface area contributed by atoms with Gasteiger partial charge in [-0.05, 0) is 31.7 Å². The second-order valence-electron chi connectivity index (χ2n) is 9.40. The van der Waals surface area contributed by atoms with E-state index in [9.17, 15) is 0 Å². The highest BCUT2D eigenvalue weighted by molar-refractivity contribution is 7.26. The van der Waals surface area contributed by atoms with E-state index in [-0.39, 0.29) is 5.60 Å². The van der Waals surface area contributed by atoms with E-state index < -0.39 is 0 Å². The van der Waals surface area contributed by atoms with Crippen molar-refractivity contribution >= 4 is 37.6 Å². The second kappa shape index (κ2) is 7.78. The molecule has 0 aliphatic carbocycles. The number of quaternary nitrogens is 1. The summed E-state index contributed by atoms with van der Waals surface area (Å²) < 4.78 is 7.28. The third-order valence-electron chi connectivity index (χ3n) is 5.43. The molecule has 6 nitrogen and oxygen atoms in total. The first-order chi connectivity index (χ1) is 13.7. The number of likely N-dealkylation sites (N-methyl/N-ethyl adjacent to an activating group) is 1. The van der Waals surface area contributed by atoms with Crippen LogP contribution in [0.3, 0.4) is 0 Å². The van der Waals surface area contributed by atoms with E-state index in [1.807, 2.05) is 0 Å². The topological polar surface area (TPSA) is 64.4 Å². The lowest BCUT2D eigenvalue weighted by Gasteiger charge is -2.33. The van der Waals surface area contributed by atoms with Crippen LogP contribution >= 0.6 is 11.3 Å². The second-order valence-corrected chi connectivity index (χ2v) is 10.4. The summed E-state index contributed by atoms with van der Waals surface area (Å²) in [6.07, 6.45) is 3.53. The molecule has 0 saturated heterocycles. The summed E-state index contributed by atoms with van der Waals surface area (Å²) in [6, 6.07) is 0. The molecule has 0 bridgehead atoms. The Labute approximate surface area is 176 Å². The van der Waals surface area contributed by atoms with E-state index in [2.05, 4.69) is 52.1 Å². The van der Waals surface area contributed by atoms with E-state index in [4.69, 9.17) is 14.7 Å². The third kappa shape index (κ3) is 4.09. The van der Waals surface area contributed by atoms with Crippen LogP contribution in [0.4, 0.5) is 5.82 Å². The average molecular weight is 415 g/mol. The van der Waals surface area contributed by atoms with Crippen LogP contribution in [0.2, 0.25) is 0 Å². The number of pyridine rings is 1. The van der Waals surface area contributed by atoms with Gasteiger partial charge in [0.05, 0.1) is 49.6 Å². The molecule has 29 heavy (non-hydrogen) atoms. The third-order valence-corrected chi connectivity index (χ3v) is 6.51. The molecule has 4 rings (SSSR count). The van der Waals surface area contributed by atoms with Gasteiger partial charge in [-0.1, -0.05) is 13.8 Å². The molecule has 0 fully saturated rings. The van der Waals surface area contributed by atoms with Gasteiger partial charge in [-0.25, -0.2) is 15.0 Å². The predicted octanol–water partition coefficient (Wildman–Crippen LogP) is 2.85. The molecular weight excluding hydrogens is 382 g/mol. The van der Waals surface area contributed by atoms with Crippen LogP contribution in [-0.2, 0) is 24.2 Å². The van der Waals surface area contributed by atoms with Crippen molar-refractivity contribution in [3.8, 4) is 0 Å². The minimum absolute atomic E-state index is 0.173. The molecule has 0 saturated carbocycles. The Balaban J connectivity index is 1.89. The quantitative estimate of drug-likeness (QED) is 0.649. The molecule has 4 heterocycles. The summed E-state index contributed by atoms with van der Waals surface area (Å²) in [4.78, 5) is 16.8. The fraction of sp³-hybridized carbons (Fsp3) is 0.591. The van der Waals surface area contributed by atoms with Gasteiger partial charge in [0.25, 0.3) is 0 Å². The zero-order chi connectivity index (χ0) is 20.8. The molecule has 1 aliphatic heterocycles. The van der Waals surface area contributed by atoms with E-state index >= 15 is 0 Å². The maximum atomic E-state index is 6.17. The van der Waals surface area contributed by atoms with Gasteiger partial charge in [-0.15, -0.1) is 11.3 Å². The number of ether oxygens (including phenoxy) is 1. The molecular formula is C22H32N5OS+. The van der Waals surface area contributed by atoms with Crippen molar-refractivity contribution in [2.24, 2.45) is 5.92 Å². The minimum Gasteiger partial charge on any atom is -0.370 e.